The fraction of sp³-hybridized carbons (Fsp3) is 0.560. The zero-order valence-electron chi connectivity index (χ0n) is 17.7. The van der Waals surface area contributed by atoms with Crippen molar-refractivity contribution in [3.63, 3.8) is 0 Å². The van der Waals surface area contributed by atoms with Gasteiger partial charge in [-0.3, -0.25) is 4.79 Å². The number of carbonyl (C=O) groups excluding carboxylic acids is 1. The van der Waals surface area contributed by atoms with Gasteiger partial charge in [0.25, 0.3) is 0 Å². The Hall–Kier alpha value is -2.27. The maximum Gasteiger partial charge on any atom is 0.213 e. The summed E-state index contributed by atoms with van der Waals surface area (Å²) in [5.74, 6) is 2.07. The molecule has 0 atom stereocenters. The highest BCUT2D eigenvalue weighted by Gasteiger charge is 2.34. The molecule has 5 heteroatoms. The van der Waals surface area contributed by atoms with E-state index in [1.54, 1.807) is 0 Å². The van der Waals surface area contributed by atoms with Gasteiger partial charge in [-0.2, -0.15) is 0 Å². The third kappa shape index (κ3) is 4.13. The molecule has 30 heavy (non-hydrogen) atoms. The number of Topliss-reactive ketones (excluding diaryl/α,β-unsaturated/α-hetero) is 1. The van der Waals surface area contributed by atoms with Crippen molar-refractivity contribution in [2.45, 2.75) is 69.8 Å². The molecule has 0 radical (unpaired) electrons. The van der Waals surface area contributed by atoms with Crippen LogP contribution in [0.3, 0.4) is 0 Å². The van der Waals surface area contributed by atoms with Crippen LogP contribution in [-0.4, -0.2) is 35.1 Å². The monoisotopic (exact) mass is 406 g/mol. The van der Waals surface area contributed by atoms with E-state index in [-0.39, 0.29) is 17.8 Å². The maximum atomic E-state index is 13.3. The molecule has 2 saturated carbocycles. The topological polar surface area (TPSA) is 61.3 Å². The minimum atomic E-state index is 0.104. The lowest BCUT2D eigenvalue weighted by Crippen LogP contribution is -2.38. The number of ether oxygens (including phenoxy) is 2. The lowest BCUT2D eigenvalue weighted by atomic mass is 9.76. The van der Waals surface area contributed by atoms with E-state index in [4.69, 9.17) is 14.5 Å². The molecule has 0 bridgehead atoms. The van der Waals surface area contributed by atoms with Crippen LogP contribution in [-0.2, 0) is 11.2 Å². The molecule has 3 heterocycles. The van der Waals surface area contributed by atoms with E-state index < -0.39 is 0 Å². The largest absolute Gasteiger partial charge is 0.469 e. The third-order valence-corrected chi connectivity index (χ3v) is 6.82. The van der Waals surface area contributed by atoms with Crippen LogP contribution in [0.5, 0.6) is 5.88 Å². The van der Waals surface area contributed by atoms with Crippen LogP contribution in [0.4, 0.5) is 0 Å². The molecule has 0 unspecified atom stereocenters. The molecule has 3 fully saturated rings. The molecule has 2 aliphatic carbocycles. The van der Waals surface area contributed by atoms with Crippen LogP contribution in [0.15, 0.2) is 30.5 Å². The number of carbonyl (C=O) groups is 1. The van der Waals surface area contributed by atoms with Crippen LogP contribution < -0.4 is 4.74 Å². The van der Waals surface area contributed by atoms with E-state index in [1.807, 2.05) is 12.3 Å². The Bertz CT molecular complexity index is 895. The first-order valence-corrected chi connectivity index (χ1v) is 11.5. The first kappa shape index (κ1) is 19.7. The van der Waals surface area contributed by atoms with Crippen LogP contribution >= 0.6 is 0 Å². The van der Waals surface area contributed by atoms with Gasteiger partial charge in [0.15, 0.2) is 5.78 Å². The van der Waals surface area contributed by atoms with Crippen molar-refractivity contribution >= 4 is 5.78 Å². The first-order valence-electron chi connectivity index (χ1n) is 11.5. The minimum Gasteiger partial charge on any atom is -0.469 e. The van der Waals surface area contributed by atoms with E-state index in [9.17, 15) is 4.79 Å². The van der Waals surface area contributed by atoms with Gasteiger partial charge in [0, 0.05) is 23.9 Å². The molecule has 158 valence electrons. The van der Waals surface area contributed by atoms with Crippen molar-refractivity contribution in [3.8, 4) is 5.88 Å². The summed E-state index contributed by atoms with van der Waals surface area (Å²) >= 11 is 0. The molecule has 1 saturated heterocycles. The predicted octanol–water partition coefficient (Wildman–Crippen LogP) is 4.85. The van der Waals surface area contributed by atoms with Gasteiger partial charge >= 0.3 is 0 Å². The number of aryl methyl sites for hydroxylation is 1. The summed E-state index contributed by atoms with van der Waals surface area (Å²) < 4.78 is 10.9. The van der Waals surface area contributed by atoms with Crippen LogP contribution in [0.1, 0.15) is 84.6 Å². The zero-order valence-corrected chi connectivity index (χ0v) is 17.7. The average Bonchev–Trinajstić information content (AvgIpc) is 3.61. The van der Waals surface area contributed by atoms with Crippen molar-refractivity contribution in [2.75, 3.05) is 13.2 Å². The van der Waals surface area contributed by atoms with E-state index in [0.29, 0.717) is 30.9 Å². The van der Waals surface area contributed by atoms with E-state index in [2.05, 4.69) is 30.1 Å². The molecule has 0 amide bonds. The highest BCUT2D eigenvalue weighted by Crippen LogP contribution is 2.43. The maximum absolute atomic E-state index is 13.3. The molecule has 1 aliphatic heterocycles. The van der Waals surface area contributed by atoms with Gasteiger partial charge in [0.1, 0.15) is 11.8 Å². The van der Waals surface area contributed by atoms with Gasteiger partial charge in [0.2, 0.25) is 5.88 Å². The second-order valence-electron chi connectivity index (χ2n) is 8.99. The Morgan fingerprint density at radius 2 is 1.80 bits per heavy atom. The smallest absolute Gasteiger partial charge is 0.213 e. The number of rotatable bonds is 7. The molecule has 2 aromatic heterocycles. The number of nitrogens with zero attached hydrogens (tertiary/aromatic N) is 2. The number of ketones is 1. The average molecular weight is 407 g/mol. The highest BCUT2D eigenvalue weighted by atomic mass is 16.6. The molecule has 2 aromatic rings. The van der Waals surface area contributed by atoms with Gasteiger partial charge in [-0.1, -0.05) is 19.1 Å². The van der Waals surface area contributed by atoms with Crippen molar-refractivity contribution < 1.29 is 14.3 Å². The quantitative estimate of drug-likeness (QED) is 0.615. The first-order chi connectivity index (χ1) is 14.7. The van der Waals surface area contributed by atoms with Crippen LogP contribution in [0.2, 0.25) is 0 Å². The molecular weight excluding hydrogens is 376 g/mol. The van der Waals surface area contributed by atoms with Crippen LogP contribution in [0, 0.1) is 5.92 Å². The summed E-state index contributed by atoms with van der Waals surface area (Å²) in [5, 5.41) is 0. The minimum absolute atomic E-state index is 0.104. The Morgan fingerprint density at radius 3 is 2.40 bits per heavy atom. The van der Waals surface area contributed by atoms with Crippen molar-refractivity contribution in [2.24, 2.45) is 5.92 Å². The van der Waals surface area contributed by atoms with E-state index in [0.717, 1.165) is 43.5 Å². The molecular formula is C25H30N2O3. The van der Waals surface area contributed by atoms with Gasteiger partial charge in [-0.05, 0) is 74.0 Å². The van der Waals surface area contributed by atoms with Crippen molar-refractivity contribution in [1.29, 1.82) is 0 Å². The zero-order chi connectivity index (χ0) is 20.5. The SMILES string of the molecule is CCc1ccc(C2CC2)c(C(=O)C2CCC(c3ccc(OC4COC4)nc3)CC2)n1. The Balaban J connectivity index is 1.22. The fourth-order valence-corrected chi connectivity index (χ4v) is 4.67. The van der Waals surface area contributed by atoms with Gasteiger partial charge in [0.05, 0.1) is 13.2 Å². The molecule has 0 aromatic carbocycles. The van der Waals surface area contributed by atoms with Gasteiger partial charge in [-0.15, -0.1) is 0 Å². The summed E-state index contributed by atoms with van der Waals surface area (Å²) in [6.45, 7) is 3.41. The molecule has 0 N–H and O–H groups in total. The number of hydrogen-bond acceptors (Lipinski definition) is 5. The molecule has 5 nitrogen and oxygen atoms in total. The van der Waals surface area contributed by atoms with Crippen molar-refractivity contribution in [3.05, 3.63) is 53.0 Å². The molecule has 5 rings (SSSR count). The standard InChI is InChI=1S/C25H30N2O3/c1-2-20-10-11-22(17-5-6-17)24(27-20)25(28)18-7-3-16(4-8-18)19-9-12-23(26-13-19)30-21-14-29-15-21/h9-13,16-18,21H,2-8,14-15H2,1H3. The van der Waals surface area contributed by atoms with Crippen molar-refractivity contribution in [1.82, 2.24) is 9.97 Å². The predicted molar refractivity (Wildman–Crippen MR) is 114 cm³/mol. The lowest BCUT2D eigenvalue weighted by Gasteiger charge is -2.28. The summed E-state index contributed by atoms with van der Waals surface area (Å²) in [4.78, 5) is 22.6. The second kappa shape index (κ2) is 8.46. The second-order valence-corrected chi connectivity index (χ2v) is 8.99. The Labute approximate surface area is 178 Å². The third-order valence-electron chi connectivity index (χ3n) is 6.82. The Morgan fingerprint density at radius 1 is 1.03 bits per heavy atom. The normalized spacial score (nSPS) is 24.3. The van der Waals surface area contributed by atoms with Gasteiger partial charge in [-0.25, -0.2) is 9.97 Å². The summed E-state index contributed by atoms with van der Waals surface area (Å²) in [5.41, 5.74) is 4.24. The molecule has 0 spiro atoms. The highest BCUT2D eigenvalue weighted by molar-refractivity contribution is 5.97. The van der Waals surface area contributed by atoms with Gasteiger partial charge < -0.3 is 9.47 Å². The van der Waals surface area contributed by atoms with E-state index in [1.165, 1.54) is 24.0 Å². The number of pyridine rings is 2. The number of hydrogen-bond donors (Lipinski definition) is 0. The number of aromatic nitrogens is 2. The summed E-state index contributed by atoms with van der Waals surface area (Å²) in [6, 6.07) is 8.35. The molecule has 3 aliphatic rings. The summed E-state index contributed by atoms with van der Waals surface area (Å²) in [6.07, 6.45) is 9.28. The lowest BCUT2D eigenvalue weighted by molar-refractivity contribution is -0.0813. The fourth-order valence-electron chi connectivity index (χ4n) is 4.67. The Kier molecular flexibility index (Phi) is 5.55. The summed E-state index contributed by atoms with van der Waals surface area (Å²) in [7, 11) is 0. The van der Waals surface area contributed by atoms with E-state index >= 15 is 0 Å². The van der Waals surface area contributed by atoms with Crippen LogP contribution in [0.25, 0.3) is 0 Å².